The van der Waals surface area contributed by atoms with Crippen molar-refractivity contribution in [2.24, 2.45) is 5.73 Å². The van der Waals surface area contributed by atoms with Crippen molar-refractivity contribution >= 4 is 21.6 Å². The van der Waals surface area contributed by atoms with Gasteiger partial charge in [0.2, 0.25) is 0 Å². The number of hydrogen-bond donors (Lipinski definition) is 1. The molecule has 0 aliphatic rings. The molecule has 0 spiro atoms. The maximum absolute atomic E-state index is 12.2. The fourth-order valence-electron chi connectivity index (χ4n) is 1.85. The van der Waals surface area contributed by atoms with Crippen LogP contribution in [0.1, 0.15) is 25.3 Å². The molecule has 2 nitrogen and oxygen atoms in total. The van der Waals surface area contributed by atoms with Crippen LogP contribution in [0.4, 0.5) is 18.9 Å². The first-order valence-corrected chi connectivity index (χ1v) is 7.34. The molecule has 20 heavy (non-hydrogen) atoms. The zero-order valence-corrected chi connectivity index (χ0v) is 13.3. The molecule has 1 unspecified atom stereocenters. The third-order valence-electron chi connectivity index (χ3n) is 3.18. The number of halogens is 4. The minimum Gasteiger partial charge on any atom is -0.373 e. The number of anilines is 1. The van der Waals surface area contributed by atoms with Crippen molar-refractivity contribution in [3.05, 3.63) is 28.2 Å². The summed E-state index contributed by atoms with van der Waals surface area (Å²) < 4.78 is 37.5. The second-order valence-electron chi connectivity index (χ2n) is 4.94. The summed E-state index contributed by atoms with van der Waals surface area (Å²) in [5.74, 6) is 0. The van der Waals surface area contributed by atoms with Crippen LogP contribution in [0.5, 0.6) is 0 Å². The van der Waals surface area contributed by atoms with Crippen molar-refractivity contribution in [2.45, 2.75) is 38.4 Å². The Hall–Kier alpha value is -0.750. The van der Waals surface area contributed by atoms with Gasteiger partial charge in [-0.25, -0.2) is 0 Å². The highest BCUT2D eigenvalue weighted by molar-refractivity contribution is 9.10. The molecular weight excluding hydrogens is 333 g/mol. The molecule has 0 heterocycles. The van der Waals surface area contributed by atoms with Crippen molar-refractivity contribution in [1.29, 1.82) is 0 Å². The Morgan fingerprint density at radius 3 is 2.50 bits per heavy atom. The van der Waals surface area contributed by atoms with Crippen molar-refractivity contribution in [1.82, 2.24) is 0 Å². The smallest absolute Gasteiger partial charge is 0.373 e. The highest BCUT2D eigenvalue weighted by Crippen LogP contribution is 2.28. The Labute approximate surface area is 126 Å². The van der Waals surface area contributed by atoms with Gasteiger partial charge in [-0.05, 0) is 46.5 Å². The quantitative estimate of drug-likeness (QED) is 0.834. The lowest BCUT2D eigenvalue weighted by Crippen LogP contribution is -2.24. The van der Waals surface area contributed by atoms with Crippen LogP contribution in [-0.4, -0.2) is 25.8 Å². The highest BCUT2D eigenvalue weighted by Gasteiger charge is 2.27. The monoisotopic (exact) mass is 352 g/mol. The maximum Gasteiger partial charge on any atom is 0.390 e. The topological polar surface area (TPSA) is 29.3 Å². The first-order chi connectivity index (χ1) is 9.23. The average Bonchev–Trinajstić information content (AvgIpc) is 2.35. The molecule has 1 rings (SSSR count). The minimum atomic E-state index is -4.13. The van der Waals surface area contributed by atoms with Crippen molar-refractivity contribution in [3.8, 4) is 0 Å². The summed E-state index contributed by atoms with van der Waals surface area (Å²) in [5.41, 5.74) is 7.73. The number of nitrogens with zero attached hydrogens (tertiary/aromatic N) is 1. The molecule has 1 atom stereocenters. The molecule has 0 aromatic heterocycles. The predicted molar refractivity (Wildman–Crippen MR) is 80.1 cm³/mol. The first kappa shape index (κ1) is 17.3. The summed E-state index contributed by atoms with van der Waals surface area (Å²) in [6.07, 6.45) is -3.29. The SMILES string of the molecule is CCC(N)Cc1ccc(N(C)CCC(F)(F)F)c(Br)c1. The fourth-order valence-corrected chi connectivity index (χ4v) is 2.58. The van der Waals surface area contributed by atoms with Crippen molar-refractivity contribution in [3.63, 3.8) is 0 Å². The second kappa shape index (κ2) is 7.31. The summed E-state index contributed by atoms with van der Waals surface area (Å²) in [7, 11) is 1.66. The molecular formula is C14H20BrF3N2. The Morgan fingerprint density at radius 1 is 1.35 bits per heavy atom. The normalized spacial score (nSPS) is 13.3. The van der Waals surface area contributed by atoms with E-state index in [-0.39, 0.29) is 12.6 Å². The predicted octanol–water partition coefficient (Wildman–Crippen LogP) is 4.12. The van der Waals surface area contributed by atoms with Crippen LogP contribution < -0.4 is 10.6 Å². The summed E-state index contributed by atoms with van der Waals surface area (Å²) in [5, 5.41) is 0. The Bertz CT molecular complexity index is 435. The highest BCUT2D eigenvalue weighted by atomic mass is 79.9. The molecule has 0 bridgehead atoms. The van der Waals surface area contributed by atoms with E-state index in [0.29, 0.717) is 0 Å². The number of hydrogen-bond acceptors (Lipinski definition) is 2. The van der Waals surface area contributed by atoms with E-state index in [0.717, 1.165) is 28.6 Å². The van der Waals surface area contributed by atoms with E-state index in [1.165, 1.54) is 0 Å². The third-order valence-corrected chi connectivity index (χ3v) is 3.81. The van der Waals surface area contributed by atoms with E-state index >= 15 is 0 Å². The number of nitrogens with two attached hydrogens (primary N) is 1. The van der Waals surface area contributed by atoms with E-state index in [1.54, 1.807) is 11.9 Å². The first-order valence-electron chi connectivity index (χ1n) is 6.55. The molecule has 0 radical (unpaired) electrons. The van der Waals surface area contributed by atoms with Crippen LogP contribution in [0, 0.1) is 0 Å². The molecule has 0 amide bonds. The Morgan fingerprint density at radius 2 is 2.00 bits per heavy atom. The fraction of sp³-hybridized carbons (Fsp3) is 0.571. The summed E-state index contributed by atoms with van der Waals surface area (Å²) in [6, 6.07) is 5.78. The standard InChI is InChI=1S/C14H20BrF3N2/c1-3-11(19)8-10-4-5-13(12(15)9-10)20(2)7-6-14(16,17)18/h4-5,9,11H,3,6-8,19H2,1-2H3. The minimum absolute atomic E-state index is 0.0596. The molecule has 6 heteroatoms. The van der Waals surface area contributed by atoms with Crippen LogP contribution in [-0.2, 0) is 6.42 Å². The van der Waals surface area contributed by atoms with Crippen LogP contribution in [0.25, 0.3) is 0 Å². The zero-order chi connectivity index (χ0) is 15.3. The van der Waals surface area contributed by atoms with Gasteiger partial charge in [-0.3, -0.25) is 0 Å². The van der Waals surface area contributed by atoms with Gasteiger partial charge in [0.1, 0.15) is 0 Å². The molecule has 2 N–H and O–H groups in total. The molecule has 0 aliphatic carbocycles. The molecule has 0 fully saturated rings. The van der Waals surface area contributed by atoms with Gasteiger partial charge in [-0.15, -0.1) is 0 Å². The second-order valence-corrected chi connectivity index (χ2v) is 5.80. The van der Waals surface area contributed by atoms with Crippen LogP contribution >= 0.6 is 15.9 Å². The van der Waals surface area contributed by atoms with Gasteiger partial charge in [0.05, 0.1) is 12.1 Å². The summed E-state index contributed by atoms with van der Waals surface area (Å²) in [4.78, 5) is 1.60. The third kappa shape index (κ3) is 5.71. The molecule has 0 saturated heterocycles. The number of alkyl halides is 3. The van der Waals surface area contributed by atoms with E-state index in [1.807, 2.05) is 25.1 Å². The van der Waals surface area contributed by atoms with Crippen LogP contribution in [0.2, 0.25) is 0 Å². The average molecular weight is 353 g/mol. The Kier molecular flexibility index (Phi) is 6.33. The van der Waals surface area contributed by atoms with Gasteiger partial charge in [0, 0.05) is 24.1 Å². The van der Waals surface area contributed by atoms with Crippen LogP contribution in [0.3, 0.4) is 0 Å². The van der Waals surface area contributed by atoms with Gasteiger partial charge < -0.3 is 10.6 Å². The lowest BCUT2D eigenvalue weighted by Gasteiger charge is -2.22. The summed E-state index contributed by atoms with van der Waals surface area (Å²) >= 11 is 3.42. The van der Waals surface area contributed by atoms with Crippen molar-refractivity contribution < 1.29 is 13.2 Å². The largest absolute Gasteiger partial charge is 0.390 e. The number of rotatable bonds is 6. The van der Waals surface area contributed by atoms with Crippen LogP contribution in [0.15, 0.2) is 22.7 Å². The molecule has 1 aromatic carbocycles. The van der Waals surface area contributed by atoms with Gasteiger partial charge in [0.25, 0.3) is 0 Å². The molecule has 114 valence electrons. The van der Waals surface area contributed by atoms with E-state index < -0.39 is 12.6 Å². The van der Waals surface area contributed by atoms with E-state index in [9.17, 15) is 13.2 Å². The molecule has 1 aromatic rings. The summed E-state index contributed by atoms with van der Waals surface area (Å²) in [6.45, 7) is 1.97. The van der Waals surface area contributed by atoms with Gasteiger partial charge >= 0.3 is 6.18 Å². The lowest BCUT2D eigenvalue weighted by molar-refractivity contribution is -0.132. The van der Waals surface area contributed by atoms with E-state index in [4.69, 9.17) is 5.73 Å². The van der Waals surface area contributed by atoms with Gasteiger partial charge in [0.15, 0.2) is 0 Å². The van der Waals surface area contributed by atoms with Crippen molar-refractivity contribution in [2.75, 3.05) is 18.5 Å². The maximum atomic E-state index is 12.2. The zero-order valence-electron chi connectivity index (χ0n) is 11.7. The number of benzene rings is 1. The molecule has 0 aliphatic heterocycles. The molecule has 0 saturated carbocycles. The van der Waals surface area contributed by atoms with E-state index in [2.05, 4.69) is 15.9 Å². The van der Waals surface area contributed by atoms with Gasteiger partial charge in [-0.1, -0.05) is 13.0 Å². The van der Waals surface area contributed by atoms with Gasteiger partial charge in [-0.2, -0.15) is 13.2 Å². The lowest BCUT2D eigenvalue weighted by atomic mass is 10.0. The Balaban J connectivity index is 2.72.